The molecule has 1 amide bonds. The molecule has 0 aliphatic heterocycles. The second-order valence-corrected chi connectivity index (χ2v) is 2.71. The van der Waals surface area contributed by atoms with Gasteiger partial charge in [-0.15, -0.1) is 0 Å². The Morgan fingerprint density at radius 3 is 3.00 bits per heavy atom. The second kappa shape index (κ2) is 4.72. The fourth-order valence-electron chi connectivity index (χ4n) is 1.04. The third-order valence-corrected chi connectivity index (χ3v) is 1.78. The lowest BCUT2D eigenvalue weighted by atomic mass is 10.1. The van der Waals surface area contributed by atoms with Crippen molar-refractivity contribution in [1.82, 2.24) is 10.6 Å². The van der Waals surface area contributed by atoms with E-state index in [2.05, 4.69) is 22.8 Å². The molecule has 3 nitrogen and oxygen atoms in total. The topological polar surface area (TPSA) is 41.1 Å². The summed E-state index contributed by atoms with van der Waals surface area (Å²) in [5.41, 5.74) is 0. The first-order valence-electron chi connectivity index (χ1n) is 4.10. The maximum atomic E-state index is 10.8. The minimum absolute atomic E-state index is 0.0259. The summed E-state index contributed by atoms with van der Waals surface area (Å²) in [7, 11) is 1.64. The van der Waals surface area contributed by atoms with Gasteiger partial charge in [0.1, 0.15) is 0 Å². The number of carbonyl (C=O) groups excluding carboxylic acids is 1. The van der Waals surface area contributed by atoms with Gasteiger partial charge in [-0.2, -0.15) is 0 Å². The number of carbonyl (C=O) groups is 1. The average molecular weight is 166 g/mol. The zero-order chi connectivity index (χ0) is 8.81. The summed E-state index contributed by atoms with van der Waals surface area (Å²) in [6.07, 6.45) is 9.11. The predicted octanol–water partition coefficient (Wildman–Crippen LogP) is 0.207. The van der Waals surface area contributed by atoms with Crippen molar-refractivity contribution in [3.63, 3.8) is 0 Å². The van der Waals surface area contributed by atoms with Gasteiger partial charge in [-0.1, -0.05) is 24.3 Å². The SMILES string of the molecule is CNC(=O)CNC1C=CC=CC1. The zero-order valence-corrected chi connectivity index (χ0v) is 7.21. The van der Waals surface area contributed by atoms with Gasteiger partial charge >= 0.3 is 0 Å². The highest BCUT2D eigenvalue weighted by Gasteiger charge is 2.05. The molecule has 0 saturated heterocycles. The van der Waals surface area contributed by atoms with Crippen molar-refractivity contribution in [2.45, 2.75) is 12.5 Å². The van der Waals surface area contributed by atoms with Crippen LogP contribution >= 0.6 is 0 Å². The molecule has 0 radical (unpaired) electrons. The van der Waals surface area contributed by atoms with E-state index in [0.717, 1.165) is 6.42 Å². The highest BCUT2D eigenvalue weighted by Crippen LogP contribution is 2.01. The Balaban J connectivity index is 2.19. The molecule has 0 aromatic carbocycles. The monoisotopic (exact) mass is 166 g/mol. The van der Waals surface area contributed by atoms with Crippen LogP contribution in [0.25, 0.3) is 0 Å². The molecule has 1 aliphatic carbocycles. The molecule has 0 bridgehead atoms. The van der Waals surface area contributed by atoms with Crippen LogP contribution in [0, 0.1) is 0 Å². The van der Waals surface area contributed by atoms with Crippen molar-refractivity contribution in [3.05, 3.63) is 24.3 Å². The van der Waals surface area contributed by atoms with Crippen molar-refractivity contribution in [2.24, 2.45) is 0 Å². The lowest BCUT2D eigenvalue weighted by molar-refractivity contribution is -0.119. The first-order valence-corrected chi connectivity index (χ1v) is 4.10. The Bertz CT molecular complexity index is 209. The average Bonchev–Trinajstić information content (AvgIpc) is 2.16. The molecule has 1 atom stereocenters. The number of nitrogens with one attached hydrogen (secondary N) is 2. The normalized spacial score (nSPS) is 20.9. The first-order chi connectivity index (χ1) is 5.83. The molecule has 0 fully saturated rings. The third kappa shape index (κ3) is 2.88. The first kappa shape index (κ1) is 9.00. The fraction of sp³-hybridized carbons (Fsp3) is 0.444. The molecule has 0 aromatic rings. The van der Waals surface area contributed by atoms with Gasteiger partial charge in [-0.25, -0.2) is 0 Å². The quantitative estimate of drug-likeness (QED) is 0.629. The maximum Gasteiger partial charge on any atom is 0.233 e. The van der Waals surface area contributed by atoms with E-state index in [1.54, 1.807) is 7.05 Å². The number of likely N-dealkylation sites (N-methyl/N-ethyl adjacent to an activating group) is 1. The molecule has 3 heteroatoms. The van der Waals surface area contributed by atoms with Crippen LogP contribution in [-0.2, 0) is 4.79 Å². The van der Waals surface area contributed by atoms with Crippen molar-refractivity contribution >= 4 is 5.91 Å². The van der Waals surface area contributed by atoms with Crippen molar-refractivity contribution < 1.29 is 4.79 Å². The number of hydrogen-bond donors (Lipinski definition) is 2. The van der Waals surface area contributed by atoms with E-state index < -0.39 is 0 Å². The highest BCUT2D eigenvalue weighted by atomic mass is 16.1. The van der Waals surface area contributed by atoms with E-state index >= 15 is 0 Å². The van der Waals surface area contributed by atoms with Crippen molar-refractivity contribution in [2.75, 3.05) is 13.6 Å². The lowest BCUT2D eigenvalue weighted by Crippen LogP contribution is -2.37. The van der Waals surface area contributed by atoms with E-state index in [-0.39, 0.29) is 5.91 Å². The van der Waals surface area contributed by atoms with E-state index in [9.17, 15) is 4.79 Å². The van der Waals surface area contributed by atoms with Gasteiger partial charge in [0.25, 0.3) is 0 Å². The Kier molecular flexibility index (Phi) is 3.54. The zero-order valence-electron chi connectivity index (χ0n) is 7.21. The summed E-state index contributed by atoms with van der Waals surface area (Å²) in [4.78, 5) is 10.8. The molecule has 1 unspecified atom stereocenters. The highest BCUT2D eigenvalue weighted by molar-refractivity contribution is 5.77. The van der Waals surface area contributed by atoms with Gasteiger partial charge in [0.2, 0.25) is 5.91 Å². The Labute approximate surface area is 72.5 Å². The van der Waals surface area contributed by atoms with E-state index in [1.807, 2.05) is 12.2 Å². The third-order valence-electron chi connectivity index (χ3n) is 1.78. The number of hydrogen-bond acceptors (Lipinski definition) is 2. The second-order valence-electron chi connectivity index (χ2n) is 2.71. The number of amides is 1. The molecule has 1 aliphatic rings. The van der Waals surface area contributed by atoms with Crippen molar-refractivity contribution in [1.29, 1.82) is 0 Å². The molecule has 2 N–H and O–H groups in total. The van der Waals surface area contributed by atoms with Crippen LogP contribution in [0.5, 0.6) is 0 Å². The summed E-state index contributed by atoms with van der Waals surface area (Å²) < 4.78 is 0. The summed E-state index contributed by atoms with van der Waals surface area (Å²) >= 11 is 0. The van der Waals surface area contributed by atoms with Gasteiger partial charge in [-0.05, 0) is 6.42 Å². The van der Waals surface area contributed by atoms with E-state index in [0.29, 0.717) is 12.6 Å². The largest absolute Gasteiger partial charge is 0.358 e. The summed E-state index contributed by atoms with van der Waals surface area (Å²) in [6.45, 7) is 0.388. The van der Waals surface area contributed by atoms with E-state index in [1.165, 1.54) is 0 Å². The molecule has 0 heterocycles. The summed E-state index contributed by atoms with van der Waals surface area (Å²) in [5.74, 6) is 0.0259. The maximum absolute atomic E-state index is 10.8. The molecular weight excluding hydrogens is 152 g/mol. The molecule has 0 spiro atoms. The Morgan fingerprint density at radius 1 is 1.58 bits per heavy atom. The minimum atomic E-state index is 0.0259. The fourth-order valence-corrected chi connectivity index (χ4v) is 1.04. The van der Waals surface area contributed by atoms with Crippen LogP contribution in [0.2, 0.25) is 0 Å². The van der Waals surface area contributed by atoms with Crippen LogP contribution in [0.4, 0.5) is 0 Å². The number of rotatable bonds is 3. The van der Waals surface area contributed by atoms with Gasteiger partial charge < -0.3 is 10.6 Å². The van der Waals surface area contributed by atoms with Crippen molar-refractivity contribution in [3.8, 4) is 0 Å². The molecule has 0 aromatic heterocycles. The van der Waals surface area contributed by atoms with Crippen LogP contribution in [-0.4, -0.2) is 25.5 Å². The predicted molar refractivity (Wildman–Crippen MR) is 48.8 cm³/mol. The van der Waals surface area contributed by atoms with Crippen LogP contribution in [0.15, 0.2) is 24.3 Å². The molecular formula is C9H14N2O. The number of allylic oxidation sites excluding steroid dienone is 2. The van der Waals surface area contributed by atoms with Gasteiger partial charge in [0.15, 0.2) is 0 Å². The summed E-state index contributed by atoms with van der Waals surface area (Å²) in [5, 5.41) is 5.68. The van der Waals surface area contributed by atoms with Gasteiger partial charge in [0, 0.05) is 13.1 Å². The van der Waals surface area contributed by atoms with E-state index in [4.69, 9.17) is 0 Å². The smallest absolute Gasteiger partial charge is 0.233 e. The molecule has 0 saturated carbocycles. The summed E-state index contributed by atoms with van der Waals surface area (Å²) in [6, 6.07) is 0.312. The van der Waals surface area contributed by atoms with Crippen LogP contribution in [0.3, 0.4) is 0 Å². The van der Waals surface area contributed by atoms with Crippen LogP contribution < -0.4 is 10.6 Å². The Morgan fingerprint density at radius 2 is 2.42 bits per heavy atom. The lowest BCUT2D eigenvalue weighted by Gasteiger charge is -2.13. The van der Waals surface area contributed by atoms with Gasteiger partial charge in [0.05, 0.1) is 6.54 Å². The molecule has 12 heavy (non-hydrogen) atoms. The molecule has 66 valence electrons. The van der Waals surface area contributed by atoms with Crippen LogP contribution in [0.1, 0.15) is 6.42 Å². The minimum Gasteiger partial charge on any atom is -0.358 e. The standard InChI is InChI=1S/C9H14N2O/c1-10-9(12)7-11-8-5-3-2-4-6-8/h2-5,8,11H,6-7H2,1H3,(H,10,12). The van der Waals surface area contributed by atoms with Gasteiger partial charge in [-0.3, -0.25) is 4.79 Å². The molecule has 1 rings (SSSR count). The Hall–Kier alpha value is -1.09.